The highest BCUT2D eigenvalue weighted by Crippen LogP contribution is 2.47. The van der Waals surface area contributed by atoms with Gasteiger partial charge in [-0.2, -0.15) is 8.78 Å². The average molecular weight is 528 g/mol. The number of aliphatic carboxylic acids is 1. The predicted octanol–water partition coefficient (Wildman–Crippen LogP) is 1.22. The molecule has 1 saturated heterocycles. The summed E-state index contributed by atoms with van der Waals surface area (Å²) in [6.45, 7) is -0.165. The predicted molar refractivity (Wildman–Crippen MR) is 115 cm³/mol. The van der Waals surface area contributed by atoms with Crippen LogP contribution in [0.4, 0.5) is 13.2 Å². The van der Waals surface area contributed by atoms with Gasteiger partial charge in [-0.05, 0) is 12.5 Å². The number of carbonyl (C=O) groups is 3. The van der Waals surface area contributed by atoms with Gasteiger partial charge in [-0.15, -0.1) is 22.0 Å². The molecule has 2 atom stereocenters. The summed E-state index contributed by atoms with van der Waals surface area (Å²) in [5, 5.41) is 15.9. The number of aromatic nitrogens is 3. The summed E-state index contributed by atoms with van der Waals surface area (Å²) >= 11 is 2.22. The Labute approximate surface area is 199 Å². The number of hydrogen-bond donors (Lipinski definition) is 2. The van der Waals surface area contributed by atoms with Crippen LogP contribution in [0.3, 0.4) is 0 Å². The van der Waals surface area contributed by atoms with E-state index in [2.05, 4.69) is 15.5 Å². The van der Waals surface area contributed by atoms with Crippen LogP contribution in [0.5, 0.6) is 0 Å². The topological polar surface area (TPSA) is 127 Å². The molecule has 1 aromatic rings. The molecule has 16 heteroatoms. The van der Waals surface area contributed by atoms with E-state index in [4.69, 9.17) is 4.74 Å². The smallest absolute Gasteiger partial charge is 0.352 e. The minimum absolute atomic E-state index is 0.211. The molecule has 0 spiro atoms. The normalized spacial score (nSPS) is 22.8. The molecular formula is C17H20F3N5O5S3. The molecule has 0 bridgehead atoms. The summed E-state index contributed by atoms with van der Waals surface area (Å²) in [7, 11) is 2.91. The maximum atomic E-state index is 13.1. The first-order valence-corrected chi connectivity index (χ1v) is 12.3. The molecule has 0 radical (unpaired) electrons. The van der Waals surface area contributed by atoms with Crippen molar-refractivity contribution >= 4 is 53.1 Å². The van der Waals surface area contributed by atoms with Crippen LogP contribution >= 0.6 is 35.3 Å². The highest BCUT2D eigenvalue weighted by atomic mass is 32.2. The van der Waals surface area contributed by atoms with Gasteiger partial charge in [0.15, 0.2) is 11.8 Å². The monoisotopic (exact) mass is 527 g/mol. The Kier molecular flexibility index (Phi) is 7.60. The lowest BCUT2D eigenvalue weighted by Crippen LogP contribution is -2.80. The number of carbonyl (C=O) groups excluding carboxylic acids is 2. The number of thioether (sulfide) groups is 3. The van der Waals surface area contributed by atoms with E-state index in [0.29, 0.717) is 16.6 Å². The molecule has 3 rings (SSSR count). The summed E-state index contributed by atoms with van der Waals surface area (Å²) in [6.07, 6.45) is 0. The van der Waals surface area contributed by atoms with Crippen molar-refractivity contribution in [3.05, 3.63) is 17.1 Å². The van der Waals surface area contributed by atoms with E-state index in [-0.39, 0.29) is 29.0 Å². The van der Waals surface area contributed by atoms with Crippen LogP contribution in [0.2, 0.25) is 0 Å². The summed E-state index contributed by atoms with van der Waals surface area (Å²) in [5.74, 6) is -2.81. The van der Waals surface area contributed by atoms with Crippen molar-refractivity contribution in [2.75, 3.05) is 31.0 Å². The van der Waals surface area contributed by atoms with Gasteiger partial charge in [-0.1, -0.05) is 23.5 Å². The Balaban J connectivity index is 1.76. The third-order valence-electron chi connectivity index (χ3n) is 4.96. The van der Waals surface area contributed by atoms with Gasteiger partial charge in [0, 0.05) is 25.7 Å². The van der Waals surface area contributed by atoms with Gasteiger partial charge in [0.25, 0.3) is 11.6 Å². The number of hydrogen-bond acceptors (Lipinski definition) is 9. The summed E-state index contributed by atoms with van der Waals surface area (Å²) in [6, 6.07) is 0. The number of ether oxygens (including phenoxy) is 1. The van der Waals surface area contributed by atoms with Gasteiger partial charge in [-0.25, -0.2) is 9.18 Å². The zero-order chi connectivity index (χ0) is 24.6. The van der Waals surface area contributed by atoms with E-state index >= 15 is 0 Å². The lowest BCUT2D eigenvalue weighted by molar-refractivity contribution is -0.192. The quantitative estimate of drug-likeness (QED) is 0.261. The van der Waals surface area contributed by atoms with Gasteiger partial charge in [0.05, 0.1) is 5.75 Å². The van der Waals surface area contributed by atoms with Crippen molar-refractivity contribution < 1.29 is 37.4 Å². The third-order valence-corrected chi connectivity index (χ3v) is 8.38. The summed E-state index contributed by atoms with van der Waals surface area (Å²) in [5.41, 5.74) is -1.67. The Bertz CT molecular complexity index is 1010. The molecule has 2 aliphatic rings. The van der Waals surface area contributed by atoms with Crippen LogP contribution in [0, 0.1) is 6.92 Å². The summed E-state index contributed by atoms with van der Waals surface area (Å²) < 4.78 is 45.4. The fourth-order valence-electron chi connectivity index (χ4n) is 3.17. The lowest BCUT2D eigenvalue weighted by atomic mass is 9.98. The highest BCUT2D eigenvalue weighted by molar-refractivity contribution is 8.01. The minimum atomic E-state index is -3.74. The van der Waals surface area contributed by atoms with E-state index < -0.39 is 46.6 Å². The minimum Gasteiger partial charge on any atom is -0.477 e. The van der Waals surface area contributed by atoms with Crippen LogP contribution in [0.15, 0.2) is 16.4 Å². The molecule has 3 heterocycles. The number of carboxylic acids is 1. The van der Waals surface area contributed by atoms with Crippen molar-refractivity contribution in [3.63, 3.8) is 0 Å². The van der Waals surface area contributed by atoms with Crippen molar-refractivity contribution in [2.45, 2.75) is 28.4 Å². The molecule has 1 fully saturated rings. The van der Waals surface area contributed by atoms with Crippen molar-refractivity contribution in [1.29, 1.82) is 0 Å². The number of rotatable bonds is 10. The van der Waals surface area contributed by atoms with Gasteiger partial charge >= 0.3 is 11.2 Å². The second kappa shape index (κ2) is 9.76. The Morgan fingerprint density at radius 1 is 1.42 bits per heavy atom. The first-order chi connectivity index (χ1) is 15.5. The van der Waals surface area contributed by atoms with E-state index in [1.165, 1.54) is 23.5 Å². The second-order valence-corrected chi connectivity index (χ2v) is 10.2. The molecular weight excluding hydrogens is 507 g/mol. The molecule has 1 aromatic heterocycles. The number of β-lactam (4-membered cyclic amide) rings is 1. The van der Waals surface area contributed by atoms with Crippen molar-refractivity contribution in [3.8, 4) is 0 Å². The van der Waals surface area contributed by atoms with Crippen molar-refractivity contribution in [2.24, 2.45) is 7.05 Å². The number of alkyl halides is 3. The number of carboxylic acid groups (broad SMARTS) is 1. The van der Waals surface area contributed by atoms with E-state index in [9.17, 15) is 32.7 Å². The number of fused-ring (bicyclic) bond motifs is 1. The molecule has 2 amide bonds. The second-order valence-electron chi connectivity index (χ2n) is 7.02. The maximum absolute atomic E-state index is 13.1. The number of halogens is 3. The van der Waals surface area contributed by atoms with Crippen LogP contribution in [0.25, 0.3) is 0 Å². The Hall–Kier alpha value is -1.91. The molecule has 2 aliphatic heterocycles. The summed E-state index contributed by atoms with van der Waals surface area (Å²) in [4.78, 5) is 38.1. The standard InChI is InChI=1S/C17H20F3N5O5S3/c1-8-22-23-15(24(8)2)32-5-9-4-31-14-17(30-3,13(29)25(14)11(9)12(27)28)21-10(26)6-33-16(19,20)7-18/h14H,4-7H2,1-3H3,(H,21,26)(H,27,28)/t14-,17-/m0/s1. The number of nitrogens with one attached hydrogen (secondary N) is 1. The lowest BCUT2D eigenvalue weighted by Gasteiger charge is -2.55. The van der Waals surface area contributed by atoms with E-state index in [0.717, 1.165) is 12.0 Å². The van der Waals surface area contributed by atoms with Gasteiger partial charge in [-0.3, -0.25) is 14.5 Å². The molecule has 182 valence electrons. The van der Waals surface area contributed by atoms with Gasteiger partial charge in [0.2, 0.25) is 5.91 Å². The van der Waals surface area contributed by atoms with E-state index in [1.807, 2.05) is 0 Å². The largest absolute Gasteiger partial charge is 0.477 e. The van der Waals surface area contributed by atoms with Crippen LogP contribution in [-0.4, -0.2) is 90.0 Å². The van der Waals surface area contributed by atoms with E-state index in [1.54, 1.807) is 18.5 Å². The molecule has 0 aliphatic carbocycles. The average Bonchev–Trinajstić information content (AvgIpc) is 3.11. The number of nitrogens with zero attached hydrogens (tertiary/aromatic N) is 4. The number of aryl methyl sites for hydroxylation is 1. The SMILES string of the molecule is CO[C@@]1(NC(=O)CSC(F)(F)CF)C(=O)N2C(C(=O)O)=C(CSc3nnc(C)n3C)CS[C@H]21. The Morgan fingerprint density at radius 3 is 2.67 bits per heavy atom. The molecule has 0 unspecified atom stereocenters. The zero-order valence-corrected chi connectivity index (χ0v) is 20.1. The maximum Gasteiger partial charge on any atom is 0.352 e. The molecule has 33 heavy (non-hydrogen) atoms. The van der Waals surface area contributed by atoms with Gasteiger partial charge < -0.3 is 19.7 Å². The first-order valence-electron chi connectivity index (χ1n) is 9.30. The van der Waals surface area contributed by atoms with Crippen LogP contribution < -0.4 is 5.32 Å². The third kappa shape index (κ3) is 4.83. The molecule has 2 N–H and O–H groups in total. The molecule has 10 nitrogen and oxygen atoms in total. The fourth-order valence-corrected chi connectivity index (χ4v) is 6.20. The first kappa shape index (κ1) is 25.7. The van der Waals surface area contributed by atoms with Crippen LogP contribution in [-0.2, 0) is 26.2 Å². The number of amides is 2. The highest BCUT2D eigenvalue weighted by Gasteiger charge is 2.66. The molecule has 0 saturated carbocycles. The van der Waals surface area contributed by atoms with Gasteiger partial charge in [0.1, 0.15) is 16.9 Å². The number of methoxy groups -OCH3 is 1. The fraction of sp³-hybridized carbons (Fsp3) is 0.588. The van der Waals surface area contributed by atoms with Crippen molar-refractivity contribution in [1.82, 2.24) is 25.0 Å². The Morgan fingerprint density at radius 2 is 2.12 bits per heavy atom. The molecule has 0 aromatic carbocycles. The zero-order valence-electron chi connectivity index (χ0n) is 17.6. The van der Waals surface area contributed by atoms with Crippen LogP contribution in [0.1, 0.15) is 5.82 Å².